The molecule has 1 atom stereocenters. The van der Waals surface area contributed by atoms with E-state index < -0.39 is 0 Å². The van der Waals surface area contributed by atoms with Crippen molar-refractivity contribution in [3.63, 3.8) is 0 Å². The molecule has 3 amide bonds. The average Bonchev–Trinajstić information content (AvgIpc) is 3.24. The molecule has 3 aliphatic rings. The molecule has 0 aromatic rings. The minimum atomic E-state index is -0.155. The Morgan fingerprint density at radius 3 is 2.38 bits per heavy atom. The molecule has 0 aromatic heterocycles. The lowest BCUT2D eigenvalue weighted by Crippen LogP contribution is -2.48. The monoisotopic (exact) mass is 295 g/mol. The Balaban J connectivity index is 1.39. The fourth-order valence-corrected chi connectivity index (χ4v) is 3.47. The van der Waals surface area contributed by atoms with E-state index in [-0.39, 0.29) is 30.6 Å². The maximum atomic E-state index is 12.0. The average molecular weight is 295 g/mol. The van der Waals surface area contributed by atoms with Crippen LogP contribution < -0.4 is 10.6 Å². The van der Waals surface area contributed by atoms with Gasteiger partial charge in [0.15, 0.2) is 0 Å². The van der Waals surface area contributed by atoms with Crippen molar-refractivity contribution < 1.29 is 14.7 Å². The lowest BCUT2D eigenvalue weighted by molar-refractivity contribution is -0.128. The van der Waals surface area contributed by atoms with E-state index in [4.69, 9.17) is 5.11 Å². The van der Waals surface area contributed by atoms with E-state index in [0.29, 0.717) is 24.9 Å². The third kappa shape index (κ3) is 3.67. The lowest BCUT2D eigenvalue weighted by atomic mass is 9.87. The zero-order valence-corrected chi connectivity index (χ0v) is 12.4. The van der Waals surface area contributed by atoms with E-state index in [9.17, 15) is 9.59 Å². The molecule has 1 aliphatic heterocycles. The first-order valence-electron chi connectivity index (χ1n) is 8.13. The third-order valence-electron chi connectivity index (χ3n) is 4.92. The molecule has 1 unspecified atom stereocenters. The third-order valence-corrected chi connectivity index (χ3v) is 4.92. The van der Waals surface area contributed by atoms with Crippen LogP contribution >= 0.6 is 0 Å². The number of nitrogens with zero attached hydrogens (tertiary/aromatic N) is 1. The summed E-state index contributed by atoms with van der Waals surface area (Å²) in [5.41, 5.74) is 0. The number of aliphatic hydroxyl groups excluding tert-OH is 1. The summed E-state index contributed by atoms with van der Waals surface area (Å²) in [6.07, 6.45) is 6.45. The molecule has 6 nitrogen and oxygen atoms in total. The minimum absolute atomic E-state index is 0.0492. The first-order chi connectivity index (χ1) is 10.2. The smallest absolute Gasteiger partial charge is 0.315 e. The molecule has 2 aliphatic carbocycles. The van der Waals surface area contributed by atoms with Gasteiger partial charge < -0.3 is 20.6 Å². The molecule has 3 N–H and O–H groups in total. The lowest BCUT2D eigenvalue weighted by Gasteiger charge is -2.28. The Morgan fingerprint density at radius 1 is 1.10 bits per heavy atom. The molecule has 6 heteroatoms. The minimum Gasteiger partial charge on any atom is -0.396 e. The van der Waals surface area contributed by atoms with Gasteiger partial charge in [0.25, 0.3) is 0 Å². The molecule has 1 saturated heterocycles. The van der Waals surface area contributed by atoms with Gasteiger partial charge in [-0.2, -0.15) is 0 Å². The maximum Gasteiger partial charge on any atom is 0.315 e. The van der Waals surface area contributed by atoms with Crippen LogP contribution in [0.2, 0.25) is 0 Å². The summed E-state index contributed by atoms with van der Waals surface area (Å²) in [6, 6.07) is 0.426. The SMILES string of the molecule is O=C(NC1CCC(CO)CC1)NC1CC(=O)N(C2CC2)C1. The van der Waals surface area contributed by atoms with Crippen LogP contribution in [0, 0.1) is 5.92 Å². The normalized spacial score (nSPS) is 33.1. The Hall–Kier alpha value is -1.30. The second-order valence-corrected chi connectivity index (χ2v) is 6.70. The summed E-state index contributed by atoms with van der Waals surface area (Å²) in [6.45, 7) is 0.911. The van der Waals surface area contributed by atoms with Crippen LogP contribution in [-0.2, 0) is 4.79 Å². The highest BCUT2D eigenvalue weighted by Gasteiger charge is 2.39. The molecule has 3 fully saturated rings. The summed E-state index contributed by atoms with van der Waals surface area (Å²) in [5.74, 6) is 0.567. The number of amides is 3. The molecule has 2 saturated carbocycles. The van der Waals surface area contributed by atoms with E-state index in [1.807, 2.05) is 4.90 Å². The van der Waals surface area contributed by atoms with E-state index >= 15 is 0 Å². The highest BCUT2D eigenvalue weighted by molar-refractivity contribution is 5.82. The van der Waals surface area contributed by atoms with E-state index in [2.05, 4.69) is 10.6 Å². The van der Waals surface area contributed by atoms with Crippen molar-refractivity contribution in [3.8, 4) is 0 Å². The number of nitrogens with one attached hydrogen (secondary N) is 2. The van der Waals surface area contributed by atoms with Crippen LogP contribution in [0.4, 0.5) is 4.79 Å². The van der Waals surface area contributed by atoms with Crippen LogP contribution in [0.15, 0.2) is 0 Å². The summed E-state index contributed by atoms with van der Waals surface area (Å²) in [7, 11) is 0. The first-order valence-corrected chi connectivity index (χ1v) is 8.13. The van der Waals surface area contributed by atoms with Crippen LogP contribution in [0.3, 0.4) is 0 Å². The highest BCUT2D eigenvalue weighted by atomic mass is 16.3. The fourth-order valence-electron chi connectivity index (χ4n) is 3.47. The van der Waals surface area contributed by atoms with Gasteiger partial charge in [0, 0.05) is 31.7 Å². The summed E-state index contributed by atoms with van der Waals surface area (Å²) in [4.78, 5) is 25.8. The standard InChI is InChI=1S/C15H25N3O3/c19-9-10-1-3-11(4-2-10)16-15(21)17-12-7-14(20)18(8-12)13-5-6-13/h10-13,19H,1-9H2,(H2,16,17,21). The van der Waals surface area contributed by atoms with Crippen molar-refractivity contribution in [2.24, 2.45) is 5.92 Å². The van der Waals surface area contributed by atoms with Gasteiger partial charge in [-0.3, -0.25) is 4.79 Å². The number of carbonyl (C=O) groups excluding carboxylic acids is 2. The Kier molecular flexibility index (Phi) is 4.33. The van der Waals surface area contributed by atoms with Crippen molar-refractivity contribution in [2.75, 3.05) is 13.2 Å². The van der Waals surface area contributed by atoms with Crippen molar-refractivity contribution in [3.05, 3.63) is 0 Å². The van der Waals surface area contributed by atoms with Crippen molar-refractivity contribution in [1.82, 2.24) is 15.5 Å². The van der Waals surface area contributed by atoms with Crippen molar-refractivity contribution in [1.29, 1.82) is 0 Å². The van der Waals surface area contributed by atoms with Gasteiger partial charge >= 0.3 is 6.03 Å². The summed E-state index contributed by atoms with van der Waals surface area (Å²) < 4.78 is 0. The van der Waals surface area contributed by atoms with Crippen LogP contribution in [-0.4, -0.2) is 53.2 Å². The zero-order chi connectivity index (χ0) is 14.8. The molecular formula is C15H25N3O3. The van der Waals surface area contributed by atoms with Crippen LogP contribution in [0.25, 0.3) is 0 Å². The van der Waals surface area contributed by atoms with Crippen molar-refractivity contribution in [2.45, 2.75) is 63.1 Å². The zero-order valence-electron chi connectivity index (χ0n) is 12.4. The number of hydrogen-bond acceptors (Lipinski definition) is 3. The van der Waals surface area contributed by atoms with Gasteiger partial charge in [-0.05, 0) is 44.4 Å². The van der Waals surface area contributed by atoms with Crippen molar-refractivity contribution >= 4 is 11.9 Å². The number of urea groups is 1. The first kappa shape index (κ1) is 14.6. The molecule has 0 bridgehead atoms. The van der Waals surface area contributed by atoms with Crippen LogP contribution in [0.1, 0.15) is 44.9 Å². The van der Waals surface area contributed by atoms with E-state index in [0.717, 1.165) is 38.5 Å². The van der Waals surface area contributed by atoms with Gasteiger partial charge in [-0.1, -0.05) is 0 Å². The Morgan fingerprint density at radius 2 is 1.76 bits per heavy atom. The predicted molar refractivity (Wildman–Crippen MR) is 77.6 cm³/mol. The van der Waals surface area contributed by atoms with Gasteiger partial charge in [0.2, 0.25) is 5.91 Å². The van der Waals surface area contributed by atoms with Crippen LogP contribution in [0.5, 0.6) is 0 Å². The molecular weight excluding hydrogens is 270 g/mol. The molecule has 3 rings (SSSR count). The highest BCUT2D eigenvalue weighted by Crippen LogP contribution is 2.30. The number of carbonyl (C=O) groups is 2. The predicted octanol–water partition coefficient (Wildman–Crippen LogP) is 0.600. The molecule has 0 aromatic carbocycles. The quantitative estimate of drug-likeness (QED) is 0.710. The maximum absolute atomic E-state index is 12.0. The second-order valence-electron chi connectivity index (χ2n) is 6.70. The molecule has 118 valence electrons. The number of likely N-dealkylation sites (tertiary alicyclic amines) is 1. The molecule has 0 spiro atoms. The molecule has 1 heterocycles. The summed E-state index contributed by atoms with van der Waals surface area (Å²) >= 11 is 0. The molecule has 21 heavy (non-hydrogen) atoms. The van der Waals surface area contributed by atoms with Gasteiger partial charge in [0.05, 0.1) is 6.04 Å². The van der Waals surface area contributed by atoms with E-state index in [1.54, 1.807) is 0 Å². The van der Waals surface area contributed by atoms with E-state index in [1.165, 1.54) is 0 Å². The second kappa shape index (κ2) is 6.22. The topological polar surface area (TPSA) is 81.7 Å². The summed E-state index contributed by atoms with van der Waals surface area (Å²) in [5, 5.41) is 15.0. The number of rotatable bonds is 4. The Bertz CT molecular complexity index is 403. The fraction of sp³-hybridized carbons (Fsp3) is 0.867. The largest absolute Gasteiger partial charge is 0.396 e. The number of aliphatic hydroxyl groups is 1. The van der Waals surface area contributed by atoms with Gasteiger partial charge in [0.1, 0.15) is 0 Å². The van der Waals surface area contributed by atoms with Gasteiger partial charge in [-0.15, -0.1) is 0 Å². The van der Waals surface area contributed by atoms with Gasteiger partial charge in [-0.25, -0.2) is 4.79 Å². The Labute approximate surface area is 125 Å². The molecule has 0 radical (unpaired) electrons. The number of hydrogen-bond donors (Lipinski definition) is 3.